The molecule has 27 heavy (non-hydrogen) atoms. The van der Waals surface area contributed by atoms with Crippen LogP contribution in [0.1, 0.15) is 28.1 Å². The molecule has 0 radical (unpaired) electrons. The van der Waals surface area contributed by atoms with Crippen LogP contribution in [0.15, 0.2) is 58.3 Å². The van der Waals surface area contributed by atoms with Crippen molar-refractivity contribution >= 4 is 5.84 Å². The molecule has 3 aromatic rings. The maximum Gasteiger partial charge on any atom is 0.230 e. The Kier molecular flexibility index (Phi) is 5.45. The molecule has 140 valence electrons. The molecular weight excluding hydrogens is 342 g/mol. The molecule has 0 unspecified atom stereocenters. The van der Waals surface area contributed by atoms with Gasteiger partial charge >= 0.3 is 0 Å². The van der Waals surface area contributed by atoms with Gasteiger partial charge < -0.3 is 19.3 Å². The summed E-state index contributed by atoms with van der Waals surface area (Å²) in [4.78, 5) is 6.29. The zero-order chi connectivity index (χ0) is 19.4. The van der Waals surface area contributed by atoms with Crippen molar-refractivity contribution in [1.82, 2.24) is 9.88 Å². The van der Waals surface area contributed by atoms with Crippen LogP contribution >= 0.6 is 0 Å². The molecule has 2 aromatic heterocycles. The highest BCUT2D eigenvalue weighted by Gasteiger charge is 2.19. The van der Waals surface area contributed by atoms with Crippen LogP contribution in [-0.2, 0) is 6.54 Å². The van der Waals surface area contributed by atoms with E-state index in [0.29, 0.717) is 29.6 Å². The summed E-state index contributed by atoms with van der Waals surface area (Å²) in [5, 5.41) is 13.1. The maximum atomic E-state index is 9.66. The van der Waals surface area contributed by atoms with Crippen LogP contribution in [0.2, 0.25) is 0 Å². The van der Waals surface area contributed by atoms with Crippen molar-refractivity contribution in [2.24, 2.45) is 5.16 Å². The lowest BCUT2D eigenvalue weighted by Gasteiger charge is -2.21. The summed E-state index contributed by atoms with van der Waals surface area (Å²) in [6, 6.07) is 13.3. The van der Waals surface area contributed by atoms with E-state index in [1.54, 1.807) is 11.2 Å². The van der Waals surface area contributed by atoms with E-state index in [2.05, 4.69) is 16.2 Å². The zero-order valence-corrected chi connectivity index (χ0v) is 15.9. The number of hydrogen-bond donors (Lipinski definition) is 1. The molecule has 2 heterocycles. The number of aryl methyl sites for hydroxylation is 3. The smallest absolute Gasteiger partial charge is 0.230 e. The Bertz CT molecular complexity index is 949. The molecule has 0 aliphatic carbocycles. The Morgan fingerprint density at radius 1 is 1.19 bits per heavy atom. The van der Waals surface area contributed by atoms with Crippen molar-refractivity contribution in [3.8, 4) is 11.6 Å². The summed E-state index contributed by atoms with van der Waals surface area (Å²) in [5.74, 6) is 2.21. The van der Waals surface area contributed by atoms with E-state index in [9.17, 15) is 5.21 Å². The predicted octanol–water partition coefficient (Wildman–Crippen LogP) is 4.66. The third kappa shape index (κ3) is 4.28. The number of pyridine rings is 1. The number of ether oxygens (including phenoxy) is 1. The molecule has 1 N–H and O–H groups in total. The first kappa shape index (κ1) is 18.5. The lowest BCUT2D eigenvalue weighted by Crippen LogP contribution is -2.27. The van der Waals surface area contributed by atoms with Gasteiger partial charge in [0.15, 0.2) is 5.84 Å². The monoisotopic (exact) mass is 365 g/mol. The van der Waals surface area contributed by atoms with Crippen LogP contribution in [0.5, 0.6) is 11.6 Å². The second-order valence-electron chi connectivity index (χ2n) is 6.54. The van der Waals surface area contributed by atoms with Crippen molar-refractivity contribution in [1.29, 1.82) is 0 Å². The topological polar surface area (TPSA) is 71.1 Å². The van der Waals surface area contributed by atoms with Gasteiger partial charge in [0.1, 0.15) is 11.5 Å². The molecule has 0 aliphatic rings. The molecule has 3 rings (SSSR count). The molecule has 6 heteroatoms. The summed E-state index contributed by atoms with van der Waals surface area (Å²) in [6.45, 7) is 6.36. The van der Waals surface area contributed by atoms with Crippen molar-refractivity contribution in [2.75, 3.05) is 7.05 Å². The van der Waals surface area contributed by atoms with Gasteiger partial charge in [-0.2, -0.15) is 0 Å². The Morgan fingerprint density at radius 3 is 2.67 bits per heavy atom. The maximum absolute atomic E-state index is 9.66. The van der Waals surface area contributed by atoms with Gasteiger partial charge in [0.05, 0.1) is 18.4 Å². The first-order valence-corrected chi connectivity index (χ1v) is 8.66. The quantitative estimate of drug-likeness (QED) is 0.308. The summed E-state index contributed by atoms with van der Waals surface area (Å²) < 4.78 is 11.5. The lowest BCUT2D eigenvalue weighted by atomic mass is 10.1. The molecule has 1 aromatic carbocycles. The number of aromatic nitrogens is 1. The van der Waals surface area contributed by atoms with Gasteiger partial charge in [-0.05, 0) is 56.7 Å². The molecule has 0 atom stereocenters. The SMILES string of the molecule is Cc1ccc(Oc2nc(C)ccc2/C(=N/O)N(C)Cc2ccco2)c(C)c1. The van der Waals surface area contributed by atoms with E-state index in [1.165, 1.54) is 0 Å². The minimum atomic E-state index is 0.346. The Hall–Kier alpha value is -3.28. The molecule has 0 saturated heterocycles. The number of benzene rings is 1. The lowest BCUT2D eigenvalue weighted by molar-refractivity contribution is 0.302. The van der Waals surface area contributed by atoms with E-state index in [1.807, 2.05) is 64.2 Å². The number of hydrogen-bond acceptors (Lipinski definition) is 5. The minimum absolute atomic E-state index is 0.346. The average molecular weight is 365 g/mol. The Labute approximate surface area is 158 Å². The fourth-order valence-electron chi connectivity index (χ4n) is 2.85. The standard InChI is InChI=1S/C21H23N3O3/c1-14-7-10-19(15(2)12-14)27-21-18(9-8-16(3)22-21)20(23-25)24(4)13-17-6-5-11-26-17/h5-12,25H,13H2,1-4H3/b23-20-. The fourth-order valence-corrected chi connectivity index (χ4v) is 2.85. The van der Waals surface area contributed by atoms with Crippen LogP contribution < -0.4 is 4.74 Å². The van der Waals surface area contributed by atoms with Gasteiger partial charge in [-0.15, -0.1) is 0 Å². The summed E-state index contributed by atoms with van der Waals surface area (Å²) in [6.07, 6.45) is 1.61. The molecule has 0 spiro atoms. The predicted molar refractivity (Wildman–Crippen MR) is 103 cm³/mol. The summed E-state index contributed by atoms with van der Waals surface area (Å²) in [5.41, 5.74) is 3.57. The number of nitrogens with zero attached hydrogens (tertiary/aromatic N) is 3. The van der Waals surface area contributed by atoms with E-state index in [0.717, 1.165) is 22.6 Å². The van der Waals surface area contributed by atoms with Crippen molar-refractivity contribution in [3.63, 3.8) is 0 Å². The van der Waals surface area contributed by atoms with Crippen LogP contribution in [0.3, 0.4) is 0 Å². The minimum Gasteiger partial charge on any atom is -0.467 e. The molecule has 0 fully saturated rings. The van der Waals surface area contributed by atoms with Gasteiger partial charge in [-0.25, -0.2) is 4.98 Å². The third-order valence-corrected chi connectivity index (χ3v) is 4.21. The average Bonchev–Trinajstić information content (AvgIpc) is 3.12. The summed E-state index contributed by atoms with van der Waals surface area (Å²) in [7, 11) is 1.82. The van der Waals surface area contributed by atoms with E-state index in [4.69, 9.17) is 9.15 Å². The van der Waals surface area contributed by atoms with Gasteiger partial charge in [0.25, 0.3) is 0 Å². The largest absolute Gasteiger partial charge is 0.467 e. The summed E-state index contributed by atoms with van der Waals surface area (Å²) >= 11 is 0. The first-order valence-electron chi connectivity index (χ1n) is 8.66. The fraction of sp³-hybridized carbons (Fsp3) is 0.238. The second-order valence-corrected chi connectivity index (χ2v) is 6.54. The first-order chi connectivity index (χ1) is 13.0. The van der Waals surface area contributed by atoms with Crippen LogP contribution in [0, 0.1) is 20.8 Å². The van der Waals surface area contributed by atoms with Gasteiger partial charge in [-0.1, -0.05) is 22.9 Å². The van der Waals surface area contributed by atoms with Crippen molar-refractivity contribution in [2.45, 2.75) is 27.3 Å². The van der Waals surface area contributed by atoms with Gasteiger partial charge in [-0.3, -0.25) is 0 Å². The van der Waals surface area contributed by atoms with E-state index < -0.39 is 0 Å². The van der Waals surface area contributed by atoms with Crippen LogP contribution in [-0.4, -0.2) is 28.0 Å². The Morgan fingerprint density at radius 2 is 2.00 bits per heavy atom. The molecule has 6 nitrogen and oxygen atoms in total. The number of rotatable bonds is 5. The van der Waals surface area contributed by atoms with Crippen molar-refractivity contribution < 1.29 is 14.4 Å². The van der Waals surface area contributed by atoms with Crippen molar-refractivity contribution in [3.05, 3.63) is 76.9 Å². The van der Waals surface area contributed by atoms with E-state index >= 15 is 0 Å². The highest BCUT2D eigenvalue weighted by atomic mass is 16.5. The molecule has 0 aliphatic heterocycles. The highest BCUT2D eigenvalue weighted by molar-refractivity contribution is 6.00. The molecular formula is C21H23N3O3. The Balaban J connectivity index is 1.94. The number of oxime groups is 1. The molecule has 0 saturated carbocycles. The third-order valence-electron chi connectivity index (χ3n) is 4.21. The number of amidine groups is 1. The zero-order valence-electron chi connectivity index (χ0n) is 15.9. The molecule has 0 bridgehead atoms. The highest BCUT2D eigenvalue weighted by Crippen LogP contribution is 2.28. The van der Waals surface area contributed by atoms with Crippen LogP contribution in [0.25, 0.3) is 0 Å². The number of furan rings is 1. The van der Waals surface area contributed by atoms with Crippen LogP contribution in [0.4, 0.5) is 0 Å². The molecule has 0 amide bonds. The second kappa shape index (κ2) is 7.95. The van der Waals surface area contributed by atoms with Gasteiger partial charge in [0.2, 0.25) is 5.88 Å². The van der Waals surface area contributed by atoms with E-state index in [-0.39, 0.29) is 0 Å². The normalized spacial score (nSPS) is 11.5. The van der Waals surface area contributed by atoms with Gasteiger partial charge in [0, 0.05) is 12.7 Å².